The Morgan fingerprint density at radius 1 is 1.30 bits per heavy atom. The smallest absolute Gasteiger partial charge is 0.315 e. The largest absolute Gasteiger partial charge is 0.467 e. The molecule has 0 bridgehead atoms. The zero-order valence-electron chi connectivity index (χ0n) is 11.0. The van der Waals surface area contributed by atoms with Crippen LogP contribution >= 0.6 is 11.8 Å². The Morgan fingerprint density at radius 3 is 3.05 bits per heavy atom. The molecule has 2 heterocycles. The molecule has 3 rings (SSSR count). The summed E-state index contributed by atoms with van der Waals surface area (Å²) in [7, 11) is 0. The fraction of sp³-hybridized carbons (Fsp3) is 0.267. The molecule has 104 valence electrons. The Bertz CT molecular complexity index is 583. The van der Waals surface area contributed by atoms with Crippen molar-refractivity contribution in [3.63, 3.8) is 0 Å². The molecule has 1 aromatic heterocycles. The van der Waals surface area contributed by atoms with E-state index in [1.54, 1.807) is 6.26 Å². The molecule has 1 aliphatic rings. The molecule has 1 atom stereocenters. The van der Waals surface area contributed by atoms with E-state index in [0.29, 0.717) is 6.54 Å². The maximum atomic E-state index is 11.9. The monoisotopic (exact) mass is 288 g/mol. The average molecular weight is 288 g/mol. The van der Waals surface area contributed by atoms with Crippen LogP contribution in [0.5, 0.6) is 0 Å². The number of benzene rings is 1. The number of hydrogen-bond donors (Lipinski definition) is 2. The van der Waals surface area contributed by atoms with Crippen LogP contribution in [-0.4, -0.2) is 11.8 Å². The summed E-state index contributed by atoms with van der Waals surface area (Å²) < 4.78 is 5.18. The minimum absolute atomic E-state index is 0.0871. The Labute approximate surface area is 121 Å². The van der Waals surface area contributed by atoms with Gasteiger partial charge in [0, 0.05) is 10.6 Å². The predicted molar refractivity (Wildman–Crippen MR) is 78.6 cm³/mol. The van der Waals surface area contributed by atoms with Gasteiger partial charge in [-0.1, -0.05) is 18.2 Å². The van der Waals surface area contributed by atoms with Crippen molar-refractivity contribution >= 4 is 17.8 Å². The molecule has 5 heteroatoms. The molecule has 0 fully saturated rings. The molecule has 0 radical (unpaired) electrons. The highest BCUT2D eigenvalue weighted by Crippen LogP contribution is 2.35. The Balaban J connectivity index is 1.59. The van der Waals surface area contributed by atoms with E-state index in [1.807, 2.05) is 36.0 Å². The molecule has 0 spiro atoms. The molecule has 2 N–H and O–H groups in total. The van der Waals surface area contributed by atoms with E-state index in [9.17, 15) is 4.79 Å². The van der Waals surface area contributed by atoms with Crippen molar-refractivity contribution in [2.75, 3.05) is 5.75 Å². The molecule has 1 aliphatic heterocycles. The van der Waals surface area contributed by atoms with E-state index in [2.05, 4.69) is 22.8 Å². The van der Waals surface area contributed by atoms with Crippen LogP contribution in [0.4, 0.5) is 4.79 Å². The molecule has 0 aliphatic carbocycles. The molecule has 1 aromatic carbocycles. The minimum Gasteiger partial charge on any atom is -0.467 e. The molecular weight excluding hydrogens is 272 g/mol. The average Bonchev–Trinajstić information content (AvgIpc) is 2.99. The van der Waals surface area contributed by atoms with Crippen molar-refractivity contribution in [2.45, 2.75) is 23.9 Å². The van der Waals surface area contributed by atoms with E-state index in [0.717, 1.165) is 17.9 Å². The number of amides is 2. The molecule has 2 amide bonds. The fourth-order valence-electron chi connectivity index (χ4n) is 2.28. The van der Waals surface area contributed by atoms with Gasteiger partial charge >= 0.3 is 6.03 Å². The van der Waals surface area contributed by atoms with Gasteiger partial charge in [0.25, 0.3) is 0 Å². The van der Waals surface area contributed by atoms with Crippen LogP contribution in [0.2, 0.25) is 0 Å². The van der Waals surface area contributed by atoms with Crippen molar-refractivity contribution in [3.8, 4) is 0 Å². The first-order chi connectivity index (χ1) is 9.83. The quantitative estimate of drug-likeness (QED) is 0.911. The highest BCUT2D eigenvalue weighted by atomic mass is 32.2. The second-order valence-corrected chi connectivity index (χ2v) is 5.77. The lowest BCUT2D eigenvalue weighted by atomic mass is 10.0. The van der Waals surface area contributed by atoms with Gasteiger partial charge in [-0.25, -0.2) is 4.79 Å². The van der Waals surface area contributed by atoms with E-state index in [-0.39, 0.29) is 12.1 Å². The van der Waals surface area contributed by atoms with E-state index < -0.39 is 0 Å². The van der Waals surface area contributed by atoms with E-state index in [4.69, 9.17) is 4.42 Å². The summed E-state index contributed by atoms with van der Waals surface area (Å²) in [6.07, 6.45) is 2.55. The predicted octanol–water partition coefficient (Wildman–Crippen LogP) is 3.32. The van der Waals surface area contributed by atoms with Gasteiger partial charge in [-0.15, -0.1) is 11.8 Å². The van der Waals surface area contributed by atoms with Crippen LogP contribution in [0, 0.1) is 0 Å². The summed E-state index contributed by atoms with van der Waals surface area (Å²) >= 11 is 1.84. The van der Waals surface area contributed by atoms with Gasteiger partial charge in [-0.3, -0.25) is 0 Å². The number of fused-ring (bicyclic) bond motifs is 1. The van der Waals surface area contributed by atoms with Gasteiger partial charge in [0.15, 0.2) is 0 Å². The number of carbonyl (C=O) groups excluding carboxylic acids is 1. The Hall–Kier alpha value is -1.88. The van der Waals surface area contributed by atoms with Crippen LogP contribution in [0.1, 0.15) is 23.8 Å². The molecule has 2 aromatic rings. The summed E-state index contributed by atoms with van der Waals surface area (Å²) in [5, 5.41) is 5.85. The molecule has 4 nitrogen and oxygen atoms in total. The van der Waals surface area contributed by atoms with Gasteiger partial charge in [-0.2, -0.15) is 0 Å². The number of hydrogen-bond acceptors (Lipinski definition) is 3. The lowest BCUT2D eigenvalue weighted by Crippen LogP contribution is -2.38. The summed E-state index contributed by atoms with van der Waals surface area (Å²) in [6.45, 7) is 0.405. The van der Waals surface area contributed by atoms with Gasteiger partial charge in [0.2, 0.25) is 0 Å². The summed E-state index contributed by atoms with van der Waals surface area (Å²) in [5.74, 6) is 1.78. The minimum atomic E-state index is -0.159. The van der Waals surface area contributed by atoms with Crippen LogP contribution in [0.25, 0.3) is 0 Å². The maximum Gasteiger partial charge on any atom is 0.315 e. The molecular formula is C15H16N2O2S. The van der Waals surface area contributed by atoms with Gasteiger partial charge < -0.3 is 15.1 Å². The number of furan rings is 1. The molecule has 0 saturated carbocycles. The first-order valence-electron chi connectivity index (χ1n) is 6.61. The number of carbonyl (C=O) groups is 1. The third-order valence-corrected chi connectivity index (χ3v) is 4.39. The second-order valence-electron chi connectivity index (χ2n) is 4.63. The van der Waals surface area contributed by atoms with Gasteiger partial charge in [0.1, 0.15) is 5.76 Å². The van der Waals surface area contributed by atoms with Crippen molar-refractivity contribution in [1.82, 2.24) is 10.6 Å². The fourth-order valence-corrected chi connectivity index (χ4v) is 3.41. The van der Waals surface area contributed by atoms with Crippen molar-refractivity contribution in [2.24, 2.45) is 0 Å². The van der Waals surface area contributed by atoms with Crippen LogP contribution in [-0.2, 0) is 6.54 Å². The first kappa shape index (κ1) is 13.1. The standard InChI is InChI=1S/C15H16N2O2S/c18-15(16-10-11-4-3-8-19-11)17-13-7-9-20-14-6-2-1-5-12(13)14/h1-6,8,13H,7,9-10H2,(H2,16,17,18)/t13-/m1/s1. The zero-order chi connectivity index (χ0) is 13.8. The summed E-state index contributed by atoms with van der Waals surface area (Å²) in [5.41, 5.74) is 1.21. The number of urea groups is 1. The van der Waals surface area contributed by atoms with Gasteiger partial charge in [-0.05, 0) is 30.2 Å². The topological polar surface area (TPSA) is 54.3 Å². The molecule has 20 heavy (non-hydrogen) atoms. The first-order valence-corrected chi connectivity index (χ1v) is 7.60. The van der Waals surface area contributed by atoms with Crippen LogP contribution in [0.3, 0.4) is 0 Å². The van der Waals surface area contributed by atoms with Crippen LogP contribution in [0.15, 0.2) is 52.0 Å². The van der Waals surface area contributed by atoms with E-state index >= 15 is 0 Å². The highest BCUT2D eigenvalue weighted by molar-refractivity contribution is 7.99. The summed E-state index contributed by atoms with van der Waals surface area (Å²) in [4.78, 5) is 13.2. The number of nitrogens with one attached hydrogen (secondary N) is 2. The highest BCUT2D eigenvalue weighted by Gasteiger charge is 2.21. The van der Waals surface area contributed by atoms with Crippen LogP contribution < -0.4 is 10.6 Å². The van der Waals surface area contributed by atoms with Gasteiger partial charge in [0.05, 0.1) is 18.8 Å². The lowest BCUT2D eigenvalue weighted by Gasteiger charge is -2.25. The number of rotatable bonds is 3. The normalized spacial score (nSPS) is 17.3. The van der Waals surface area contributed by atoms with Crippen molar-refractivity contribution < 1.29 is 9.21 Å². The maximum absolute atomic E-state index is 11.9. The lowest BCUT2D eigenvalue weighted by molar-refractivity contribution is 0.235. The second kappa shape index (κ2) is 6.05. The van der Waals surface area contributed by atoms with Crippen molar-refractivity contribution in [3.05, 3.63) is 54.0 Å². The molecule has 0 unspecified atom stereocenters. The zero-order valence-corrected chi connectivity index (χ0v) is 11.8. The van der Waals surface area contributed by atoms with E-state index in [1.165, 1.54) is 10.5 Å². The third-order valence-electron chi connectivity index (χ3n) is 3.27. The molecule has 0 saturated heterocycles. The third kappa shape index (κ3) is 2.99. The number of thioether (sulfide) groups is 1. The Kier molecular flexibility index (Phi) is 3.97. The Morgan fingerprint density at radius 2 is 2.20 bits per heavy atom. The SMILES string of the molecule is O=C(NCc1ccco1)N[C@@H]1CCSc2ccccc21. The summed E-state index contributed by atoms with van der Waals surface area (Å²) in [6, 6.07) is 11.8. The van der Waals surface area contributed by atoms with Crippen molar-refractivity contribution in [1.29, 1.82) is 0 Å².